The number of amides is 1. The summed E-state index contributed by atoms with van der Waals surface area (Å²) >= 11 is 0. The monoisotopic (exact) mass is 222 g/mol. The lowest BCUT2D eigenvalue weighted by Crippen LogP contribution is -2.35. The number of hydrogen-bond donors (Lipinski definition) is 2. The molecule has 0 radical (unpaired) electrons. The molecule has 4 nitrogen and oxygen atoms in total. The van der Waals surface area contributed by atoms with Crippen molar-refractivity contribution in [3.63, 3.8) is 0 Å². The van der Waals surface area contributed by atoms with Crippen LogP contribution < -0.4 is 10.6 Å². The summed E-state index contributed by atoms with van der Waals surface area (Å²) in [6.45, 7) is 3.90. The van der Waals surface area contributed by atoms with E-state index >= 15 is 0 Å². The Bertz CT molecular complexity index is 352. The molecule has 0 aliphatic carbocycles. The van der Waals surface area contributed by atoms with Crippen LogP contribution in [-0.4, -0.2) is 25.0 Å². The van der Waals surface area contributed by atoms with Gasteiger partial charge >= 0.3 is 0 Å². The highest BCUT2D eigenvalue weighted by Crippen LogP contribution is 2.11. The van der Waals surface area contributed by atoms with Crippen LogP contribution in [0.3, 0.4) is 0 Å². The zero-order valence-corrected chi connectivity index (χ0v) is 9.58. The Balaban J connectivity index is 1.93. The molecule has 1 aromatic rings. The number of rotatable bonds is 2. The van der Waals surface area contributed by atoms with E-state index in [4.69, 9.17) is 4.42 Å². The largest absolute Gasteiger partial charge is 0.459 e. The molecule has 0 saturated carbocycles. The topological polar surface area (TPSA) is 54.3 Å². The highest BCUT2D eigenvalue weighted by molar-refractivity contribution is 5.92. The third-order valence-corrected chi connectivity index (χ3v) is 2.98. The lowest BCUT2D eigenvalue weighted by Gasteiger charge is -2.14. The molecule has 2 N–H and O–H groups in total. The number of carbonyl (C=O) groups is 1. The molecule has 4 heteroatoms. The van der Waals surface area contributed by atoms with Gasteiger partial charge in [-0.2, -0.15) is 0 Å². The smallest absolute Gasteiger partial charge is 0.287 e. The van der Waals surface area contributed by atoms with Crippen molar-refractivity contribution in [2.45, 2.75) is 32.2 Å². The summed E-state index contributed by atoms with van der Waals surface area (Å²) in [7, 11) is 0. The van der Waals surface area contributed by atoms with Crippen LogP contribution in [0, 0.1) is 6.92 Å². The average molecular weight is 222 g/mol. The molecule has 2 rings (SSSR count). The quantitative estimate of drug-likeness (QED) is 0.796. The molecular weight excluding hydrogens is 204 g/mol. The first-order valence-corrected chi connectivity index (χ1v) is 5.83. The lowest BCUT2D eigenvalue weighted by atomic mass is 10.1. The summed E-state index contributed by atoms with van der Waals surface area (Å²) in [5, 5.41) is 6.35. The number of furan rings is 1. The maximum atomic E-state index is 11.9. The van der Waals surface area contributed by atoms with Gasteiger partial charge in [0.2, 0.25) is 0 Å². The van der Waals surface area contributed by atoms with Crippen LogP contribution in [-0.2, 0) is 0 Å². The zero-order chi connectivity index (χ0) is 11.4. The third-order valence-electron chi connectivity index (χ3n) is 2.98. The molecule has 16 heavy (non-hydrogen) atoms. The van der Waals surface area contributed by atoms with Crippen LogP contribution in [0.5, 0.6) is 0 Å². The summed E-state index contributed by atoms with van der Waals surface area (Å²) in [6.07, 6.45) is 4.70. The fourth-order valence-electron chi connectivity index (χ4n) is 2.02. The van der Waals surface area contributed by atoms with E-state index in [1.54, 1.807) is 6.26 Å². The second-order valence-electron chi connectivity index (χ2n) is 4.28. The van der Waals surface area contributed by atoms with Crippen LogP contribution in [0.25, 0.3) is 0 Å². The predicted molar refractivity (Wildman–Crippen MR) is 61.4 cm³/mol. The molecular formula is C12H18N2O2. The van der Waals surface area contributed by atoms with Gasteiger partial charge in [-0.3, -0.25) is 4.79 Å². The van der Waals surface area contributed by atoms with Gasteiger partial charge in [0.05, 0.1) is 6.26 Å². The average Bonchev–Trinajstić information content (AvgIpc) is 2.53. The Labute approximate surface area is 95.4 Å². The van der Waals surface area contributed by atoms with Crippen LogP contribution in [0.15, 0.2) is 16.7 Å². The first-order chi connectivity index (χ1) is 7.77. The fourth-order valence-corrected chi connectivity index (χ4v) is 2.02. The molecule has 0 bridgehead atoms. The maximum Gasteiger partial charge on any atom is 0.287 e. The molecule has 1 saturated heterocycles. The van der Waals surface area contributed by atoms with Gasteiger partial charge in [-0.25, -0.2) is 0 Å². The molecule has 2 heterocycles. The van der Waals surface area contributed by atoms with Crippen molar-refractivity contribution in [2.75, 3.05) is 13.1 Å². The van der Waals surface area contributed by atoms with Gasteiger partial charge in [0.15, 0.2) is 5.76 Å². The molecule has 1 atom stereocenters. The van der Waals surface area contributed by atoms with Gasteiger partial charge in [0.1, 0.15) is 0 Å². The van der Waals surface area contributed by atoms with Crippen molar-refractivity contribution in [3.05, 3.63) is 23.7 Å². The van der Waals surface area contributed by atoms with E-state index in [0.717, 1.165) is 37.9 Å². The first-order valence-electron chi connectivity index (χ1n) is 5.83. The Hall–Kier alpha value is -1.29. The predicted octanol–water partition coefficient (Wildman–Crippen LogP) is 1.46. The van der Waals surface area contributed by atoms with E-state index < -0.39 is 0 Å². The summed E-state index contributed by atoms with van der Waals surface area (Å²) in [5.41, 5.74) is 0.893. The summed E-state index contributed by atoms with van der Waals surface area (Å²) < 4.78 is 5.17. The van der Waals surface area contributed by atoms with Crippen LogP contribution in [0.1, 0.15) is 35.4 Å². The van der Waals surface area contributed by atoms with Crippen molar-refractivity contribution in [3.8, 4) is 0 Å². The minimum atomic E-state index is -0.0885. The number of carbonyl (C=O) groups excluding carboxylic acids is 1. The molecule has 88 valence electrons. The molecule has 1 fully saturated rings. The van der Waals surface area contributed by atoms with E-state index in [1.807, 2.05) is 13.0 Å². The molecule has 0 aromatic carbocycles. The molecule has 0 spiro atoms. The van der Waals surface area contributed by atoms with Crippen molar-refractivity contribution in [1.82, 2.24) is 10.6 Å². The number of hydrogen-bond acceptors (Lipinski definition) is 3. The Morgan fingerprint density at radius 1 is 1.50 bits per heavy atom. The molecule has 1 amide bonds. The first kappa shape index (κ1) is 11.2. The Morgan fingerprint density at radius 3 is 3.12 bits per heavy atom. The third kappa shape index (κ3) is 2.64. The minimum Gasteiger partial charge on any atom is -0.459 e. The van der Waals surface area contributed by atoms with Gasteiger partial charge < -0.3 is 15.1 Å². The van der Waals surface area contributed by atoms with Crippen LogP contribution in [0.4, 0.5) is 0 Å². The Kier molecular flexibility index (Phi) is 3.62. The van der Waals surface area contributed by atoms with Crippen LogP contribution in [0.2, 0.25) is 0 Å². The van der Waals surface area contributed by atoms with E-state index in [0.29, 0.717) is 5.76 Å². The van der Waals surface area contributed by atoms with Crippen molar-refractivity contribution in [2.24, 2.45) is 0 Å². The van der Waals surface area contributed by atoms with Gasteiger partial charge in [-0.05, 0) is 45.3 Å². The summed E-state index contributed by atoms with van der Waals surface area (Å²) in [5.74, 6) is 0.353. The zero-order valence-electron chi connectivity index (χ0n) is 9.58. The van der Waals surface area contributed by atoms with Crippen LogP contribution >= 0.6 is 0 Å². The maximum absolute atomic E-state index is 11.9. The van der Waals surface area contributed by atoms with Gasteiger partial charge in [0, 0.05) is 11.6 Å². The number of nitrogens with one attached hydrogen (secondary N) is 2. The summed E-state index contributed by atoms with van der Waals surface area (Å²) in [6, 6.07) is 2.08. The minimum absolute atomic E-state index is 0.0885. The normalized spacial score (nSPS) is 21.4. The van der Waals surface area contributed by atoms with Crippen molar-refractivity contribution >= 4 is 5.91 Å². The number of aryl methyl sites for hydroxylation is 1. The van der Waals surface area contributed by atoms with E-state index in [1.165, 1.54) is 0 Å². The highest BCUT2D eigenvalue weighted by Gasteiger charge is 2.18. The van der Waals surface area contributed by atoms with Crippen molar-refractivity contribution < 1.29 is 9.21 Å². The van der Waals surface area contributed by atoms with Gasteiger partial charge in [-0.15, -0.1) is 0 Å². The molecule has 1 aliphatic rings. The molecule has 1 aliphatic heterocycles. The second-order valence-corrected chi connectivity index (χ2v) is 4.28. The van der Waals surface area contributed by atoms with E-state index in [2.05, 4.69) is 10.6 Å². The molecule has 1 aromatic heterocycles. The van der Waals surface area contributed by atoms with Gasteiger partial charge in [0.25, 0.3) is 5.91 Å². The molecule has 1 unspecified atom stereocenters. The van der Waals surface area contributed by atoms with E-state index in [-0.39, 0.29) is 11.9 Å². The lowest BCUT2D eigenvalue weighted by molar-refractivity contribution is 0.0905. The Morgan fingerprint density at radius 2 is 2.38 bits per heavy atom. The SMILES string of the molecule is Cc1ccoc1C(=O)NC1CCCNCC1. The van der Waals surface area contributed by atoms with Crippen molar-refractivity contribution in [1.29, 1.82) is 0 Å². The van der Waals surface area contributed by atoms with E-state index in [9.17, 15) is 4.79 Å². The second kappa shape index (κ2) is 5.16. The van der Waals surface area contributed by atoms with Gasteiger partial charge in [-0.1, -0.05) is 0 Å². The standard InChI is InChI=1S/C12H18N2O2/c1-9-5-8-16-11(9)12(15)14-10-3-2-6-13-7-4-10/h5,8,10,13H,2-4,6-7H2,1H3,(H,14,15). The highest BCUT2D eigenvalue weighted by atomic mass is 16.3. The summed E-state index contributed by atoms with van der Waals surface area (Å²) in [4.78, 5) is 11.9. The fraction of sp³-hybridized carbons (Fsp3) is 0.583.